The second-order valence-electron chi connectivity index (χ2n) is 5.49. The van der Waals surface area contributed by atoms with Gasteiger partial charge in [-0.05, 0) is 36.8 Å². The number of carbonyl (C=O) groups is 2. The molecule has 3 rings (SSSR count). The number of nitrogens with zero attached hydrogens (tertiary/aromatic N) is 3. The van der Waals surface area contributed by atoms with Crippen LogP contribution in [0.1, 0.15) is 23.7 Å². The Bertz CT molecular complexity index is 718. The third-order valence-corrected chi connectivity index (χ3v) is 3.93. The number of rotatable bonds is 4. The number of anilines is 2. The Morgan fingerprint density at radius 2 is 2.00 bits per heavy atom. The molecular formula is C17H19N5O2. The van der Waals surface area contributed by atoms with Crippen LogP contribution in [0.5, 0.6) is 0 Å². The number of piperazine rings is 1. The van der Waals surface area contributed by atoms with Crippen LogP contribution in [0.25, 0.3) is 0 Å². The first-order chi connectivity index (χ1) is 11.7. The van der Waals surface area contributed by atoms with Gasteiger partial charge in [0, 0.05) is 36.7 Å². The molecule has 2 amide bonds. The molecule has 1 unspecified atom stereocenters. The minimum atomic E-state index is -0.401. The molecule has 1 aromatic carbocycles. The molecule has 7 heteroatoms. The summed E-state index contributed by atoms with van der Waals surface area (Å²) in [7, 11) is 0. The predicted molar refractivity (Wildman–Crippen MR) is 89.9 cm³/mol. The zero-order valence-electron chi connectivity index (χ0n) is 13.4. The van der Waals surface area contributed by atoms with Crippen LogP contribution >= 0.6 is 0 Å². The third kappa shape index (κ3) is 3.34. The number of carbonyl (C=O) groups excluding carboxylic acids is 2. The van der Waals surface area contributed by atoms with E-state index < -0.39 is 6.04 Å². The van der Waals surface area contributed by atoms with Gasteiger partial charge in [0.15, 0.2) is 0 Å². The highest BCUT2D eigenvalue weighted by molar-refractivity contribution is 5.98. The molecule has 1 fully saturated rings. The maximum absolute atomic E-state index is 12.7. The normalized spacial score (nSPS) is 17.3. The van der Waals surface area contributed by atoms with Gasteiger partial charge in [-0.15, -0.1) is 0 Å². The average molecular weight is 325 g/mol. The van der Waals surface area contributed by atoms with Gasteiger partial charge in [0.2, 0.25) is 11.9 Å². The maximum atomic E-state index is 12.7. The zero-order valence-corrected chi connectivity index (χ0v) is 13.4. The van der Waals surface area contributed by atoms with E-state index in [2.05, 4.69) is 20.6 Å². The number of amides is 2. The maximum Gasteiger partial charge on any atom is 0.254 e. The quantitative estimate of drug-likeness (QED) is 0.891. The minimum absolute atomic E-state index is 0.0865. The van der Waals surface area contributed by atoms with Crippen LogP contribution < -0.4 is 10.6 Å². The third-order valence-electron chi connectivity index (χ3n) is 3.93. The molecule has 2 N–H and O–H groups in total. The highest BCUT2D eigenvalue weighted by Crippen LogP contribution is 2.17. The fourth-order valence-corrected chi connectivity index (χ4v) is 2.72. The second kappa shape index (κ2) is 7.08. The molecule has 0 saturated carbocycles. The van der Waals surface area contributed by atoms with E-state index in [0.29, 0.717) is 31.0 Å². The molecule has 0 bridgehead atoms. The topological polar surface area (TPSA) is 87.2 Å². The Kier molecular flexibility index (Phi) is 4.69. The monoisotopic (exact) mass is 325 g/mol. The molecule has 7 nitrogen and oxygen atoms in total. The molecule has 0 aliphatic carbocycles. The summed E-state index contributed by atoms with van der Waals surface area (Å²) in [6, 6.07) is 8.43. The largest absolute Gasteiger partial charge is 0.353 e. The van der Waals surface area contributed by atoms with E-state index in [9.17, 15) is 9.59 Å². The summed E-state index contributed by atoms with van der Waals surface area (Å²) in [6.45, 7) is 2.93. The molecule has 0 radical (unpaired) electrons. The van der Waals surface area contributed by atoms with Crippen LogP contribution in [0, 0.1) is 0 Å². The Balaban J connectivity index is 1.73. The lowest BCUT2D eigenvalue weighted by molar-refractivity contribution is -0.127. The number of aromatic nitrogens is 2. The molecule has 1 aliphatic rings. The van der Waals surface area contributed by atoms with Crippen LogP contribution in [0.4, 0.5) is 11.6 Å². The van der Waals surface area contributed by atoms with E-state index >= 15 is 0 Å². The van der Waals surface area contributed by atoms with Crippen molar-refractivity contribution in [1.29, 1.82) is 0 Å². The van der Waals surface area contributed by atoms with E-state index in [0.717, 1.165) is 5.69 Å². The van der Waals surface area contributed by atoms with Gasteiger partial charge in [-0.1, -0.05) is 6.92 Å². The number of hydrogen-bond donors (Lipinski definition) is 2. The zero-order chi connectivity index (χ0) is 16.9. The molecule has 1 atom stereocenters. The fraction of sp³-hybridized carbons (Fsp3) is 0.294. The van der Waals surface area contributed by atoms with Gasteiger partial charge in [0.1, 0.15) is 6.04 Å². The van der Waals surface area contributed by atoms with E-state index in [1.54, 1.807) is 47.6 Å². The van der Waals surface area contributed by atoms with Crippen molar-refractivity contribution in [2.45, 2.75) is 19.4 Å². The lowest BCUT2D eigenvalue weighted by Gasteiger charge is -2.34. The summed E-state index contributed by atoms with van der Waals surface area (Å²) >= 11 is 0. The first-order valence-corrected chi connectivity index (χ1v) is 7.92. The van der Waals surface area contributed by atoms with Crippen LogP contribution in [0.15, 0.2) is 42.7 Å². The predicted octanol–water partition coefficient (Wildman–Crippen LogP) is 1.57. The molecule has 124 valence electrons. The summed E-state index contributed by atoms with van der Waals surface area (Å²) in [6.07, 6.45) is 3.90. The van der Waals surface area contributed by atoms with Crippen molar-refractivity contribution in [1.82, 2.24) is 20.2 Å². The first kappa shape index (κ1) is 15.9. The SMILES string of the molecule is CCC1C(=O)NCCN1C(=O)c1ccc(Nc2ncccn2)cc1. The molecule has 24 heavy (non-hydrogen) atoms. The molecule has 2 aromatic rings. The van der Waals surface area contributed by atoms with Crippen LogP contribution in [-0.4, -0.2) is 45.8 Å². The highest BCUT2D eigenvalue weighted by atomic mass is 16.2. The molecule has 1 saturated heterocycles. The Hall–Kier alpha value is -2.96. The van der Waals surface area contributed by atoms with Crippen molar-refractivity contribution in [2.75, 3.05) is 18.4 Å². The molecule has 2 heterocycles. The van der Waals surface area contributed by atoms with E-state index in [1.165, 1.54) is 0 Å². The van der Waals surface area contributed by atoms with Gasteiger partial charge >= 0.3 is 0 Å². The lowest BCUT2D eigenvalue weighted by atomic mass is 10.1. The van der Waals surface area contributed by atoms with Crippen molar-refractivity contribution >= 4 is 23.5 Å². The molecule has 1 aromatic heterocycles. The summed E-state index contributed by atoms with van der Waals surface area (Å²) in [5.41, 5.74) is 1.35. The van der Waals surface area contributed by atoms with Gasteiger partial charge in [-0.3, -0.25) is 9.59 Å². The first-order valence-electron chi connectivity index (χ1n) is 7.92. The Labute approximate surface area is 140 Å². The van der Waals surface area contributed by atoms with E-state index in [-0.39, 0.29) is 11.8 Å². The summed E-state index contributed by atoms with van der Waals surface area (Å²) in [5, 5.41) is 5.86. The van der Waals surface area contributed by atoms with Gasteiger partial charge < -0.3 is 15.5 Å². The van der Waals surface area contributed by atoms with Gasteiger partial charge in [-0.2, -0.15) is 0 Å². The fourth-order valence-electron chi connectivity index (χ4n) is 2.72. The molecule has 0 spiro atoms. The van der Waals surface area contributed by atoms with E-state index in [4.69, 9.17) is 0 Å². The average Bonchev–Trinajstić information content (AvgIpc) is 2.62. The van der Waals surface area contributed by atoms with Crippen molar-refractivity contribution in [3.63, 3.8) is 0 Å². The summed E-state index contributed by atoms with van der Waals surface area (Å²) in [5.74, 6) is 0.283. The van der Waals surface area contributed by atoms with Gasteiger partial charge in [0.05, 0.1) is 0 Å². The Morgan fingerprint density at radius 1 is 1.29 bits per heavy atom. The smallest absolute Gasteiger partial charge is 0.254 e. The van der Waals surface area contributed by atoms with Crippen LogP contribution in [0.3, 0.4) is 0 Å². The second-order valence-corrected chi connectivity index (χ2v) is 5.49. The molecule has 1 aliphatic heterocycles. The number of nitrogens with one attached hydrogen (secondary N) is 2. The summed E-state index contributed by atoms with van der Waals surface area (Å²) in [4.78, 5) is 34.4. The standard InChI is InChI=1S/C17H19N5O2/c1-2-14-15(23)18-10-11-22(14)16(24)12-4-6-13(7-5-12)21-17-19-8-3-9-20-17/h3-9,14H,2,10-11H2,1H3,(H,18,23)(H,19,20,21). The lowest BCUT2D eigenvalue weighted by Crippen LogP contribution is -2.56. The summed E-state index contributed by atoms with van der Waals surface area (Å²) < 4.78 is 0. The number of hydrogen-bond acceptors (Lipinski definition) is 5. The van der Waals surface area contributed by atoms with Crippen molar-refractivity contribution in [3.05, 3.63) is 48.3 Å². The minimum Gasteiger partial charge on any atom is -0.353 e. The van der Waals surface area contributed by atoms with Crippen molar-refractivity contribution < 1.29 is 9.59 Å². The highest BCUT2D eigenvalue weighted by Gasteiger charge is 2.31. The van der Waals surface area contributed by atoms with Crippen LogP contribution in [-0.2, 0) is 4.79 Å². The Morgan fingerprint density at radius 3 is 2.67 bits per heavy atom. The van der Waals surface area contributed by atoms with Crippen molar-refractivity contribution in [2.24, 2.45) is 0 Å². The molecular weight excluding hydrogens is 306 g/mol. The van der Waals surface area contributed by atoms with Crippen LogP contribution in [0.2, 0.25) is 0 Å². The van der Waals surface area contributed by atoms with Gasteiger partial charge in [-0.25, -0.2) is 9.97 Å². The van der Waals surface area contributed by atoms with Crippen molar-refractivity contribution in [3.8, 4) is 0 Å². The van der Waals surface area contributed by atoms with E-state index in [1.807, 2.05) is 6.92 Å². The number of benzene rings is 1. The van der Waals surface area contributed by atoms with Gasteiger partial charge in [0.25, 0.3) is 5.91 Å².